The molecule has 0 aliphatic rings. The van der Waals surface area contributed by atoms with Gasteiger partial charge >= 0.3 is 11.9 Å². The van der Waals surface area contributed by atoms with Gasteiger partial charge in [0, 0.05) is 12.4 Å². The summed E-state index contributed by atoms with van der Waals surface area (Å²) in [6, 6.07) is 0. The van der Waals surface area contributed by atoms with Crippen LogP contribution in [0.5, 0.6) is 0 Å². The van der Waals surface area contributed by atoms with Crippen LogP contribution in [0.25, 0.3) is 0 Å². The molecule has 0 amide bonds. The molecule has 0 bridgehead atoms. The van der Waals surface area contributed by atoms with E-state index in [1.54, 1.807) is 0 Å². The van der Waals surface area contributed by atoms with Gasteiger partial charge in [-0.15, -0.1) is 0 Å². The van der Waals surface area contributed by atoms with Crippen molar-refractivity contribution in [2.24, 2.45) is 0 Å². The summed E-state index contributed by atoms with van der Waals surface area (Å²) in [6.45, 7) is 3.37. The number of quaternary nitrogens is 1. The van der Waals surface area contributed by atoms with Crippen molar-refractivity contribution in [3.05, 3.63) is 12.2 Å². The molecule has 0 radical (unpaired) electrons. The molecule has 0 aromatic carbocycles. The van der Waals surface area contributed by atoms with Crippen molar-refractivity contribution in [2.45, 2.75) is 84.0 Å². The number of carbonyl (C=O) groups is 3. The zero-order chi connectivity index (χ0) is 22.0. The van der Waals surface area contributed by atoms with Crippen LogP contribution in [-0.4, -0.2) is 58.8 Å². The van der Waals surface area contributed by atoms with Crippen LogP contribution in [0.1, 0.15) is 84.0 Å². The van der Waals surface area contributed by atoms with Crippen LogP contribution < -0.4 is 5.11 Å². The van der Waals surface area contributed by atoms with Gasteiger partial charge in [0.05, 0.1) is 39.0 Å². The van der Waals surface area contributed by atoms with E-state index in [-0.39, 0.29) is 43.4 Å². The maximum absolute atomic E-state index is 11.0. The van der Waals surface area contributed by atoms with Gasteiger partial charge in [-0.25, -0.2) is 0 Å². The standard InChI is InChI=1S/C22H39NO6/c1-2-3-4-5-6-7-8-9-10-11-12-16-23(17-13-20(24)25,18-14-21(26)27)19-15-22(28)29/h2-3H,4-19H2,1H3,(H2-,24,25,26,27,28,29)/b3-2+. The third kappa shape index (κ3) is 16.7. The quantitative estimate of drug-likeness (QED) is 0.180. The molecule has 0 aromatic heterocycles. The van der Waals surface area contributed by atoms with Crippen LogP contribution in [0.15, 0.2) is 12.2 Å². The topological polar surface area (TPSA) is 115 Å². The van der Waals surface area contributed by atoms with Gasteiger partial charge in [-0.3, -0.25) is 9.59 Å². The molecular weight excluding hydrogens is 374 g/mol. The number of rotatable bonds is 20. The van der Waals surface area contributed by atoms with Gasteiger partial charge in [-0.2, -0.15) is 0 Å². The van der Waals surface area contributed by atoms with E-state index in [0.29, 0.717) is 6.54 Å². The van der Waals surface area contributed by atoms with Crippen LogP contribution in [0.3, 0.4) is 0 Å². The van der Waals surface area contributed by atoms with Gasteiger partial charge in [0.15, 0.2) is 0 Å². The molecule has 0 atom stereocenters. The molecule has 0 spiro atoms. The molecule has 0 rings (SSSR count). The summed E-state index contributed by atoms with van der Waals surface area (Å²) in [4.78, 5) is 33.0. The minimum atomic E-state index is -1.19. The molecule has 7 heteroatoms. The van der Waals surface area contributed by atoms with Crippen LogP contribution in [0, 0.1) is 0 Å². The van der Waals surface area contributed by atoms with E-state index < -0.39 is 17.9 Å². The van der Waals surface area contributed by atoms with Crippen LogP contribution in [-0.2, 0) is 14.4 Å². The fourth-order valence-corrected chi connectivity index (χ4v) is 3.60. The zero-order valence-corrected chi connectivity index (χ0v) is 17.9. The average molecular weight is 414 g/mol. The number of carboxylic acids is 3. The molecule has 0 aliphatic heterocycles. The summed E-state index contributed by atoms with van der Waals surface area (Å²) in [5.41, 5.74) is 0. The third-order valence-electron chi connectivity index (χ3n) is 5.38. The lowest BCUT2D eigenvalue weighted by Gasteiger charge is -2.38. The first-order chi connectivity index (χ1) is 13.8. The lowest BCUT2D eigenvalue weighted by molar-refractivity contribution is -0.927. The molecule has 168 valence electrons. The monoisotopic (exact) mass is 413 g/mol. The molecule has 0 fully saturated rings. The SMILES string of the molecule is C/C=C/CCCCCCCCCC[N+](CCC(=O)[O-])(CCC(=O)O)CCC(=O)O. The second-order valence-corrected chi connectivity index (χ2v) is 7.83. The second-order valence-electron chi connectivity index (χ2n) is 7.83. The van der Waals surface area contributed by atoms with E-state index in [1.165, 1.54) is 25.7 Å². The average Bonchev–Trinajstić information content (AvgIpc) is 2.66. The predicted octanol–water partition coefficient (Wildman–Crippen LogP) is 2.98. The van der Waals surface area contributed by atoms with Gasteiger partial charge < -0.3 is 24.6 Å². The molecule has 0 saturated carbocycles. The summed E-state index contributed by atoms with van der Waals surface area (Å²) < 4.78 is 0.220. The molecule has 2 N–H and O–H groups in total. The number of nitrogens with zero attached hydrogens (tertiary/aromatic N) is 1. The Kier molecular flexibility index (Phi) is 15.9. The van der Waals surface area contributed by atoms with E-state index >= 15 is 0 Å². The molecule has 0 unspecified atom stereocenters. The first kappa shape index (κ1) is 27.1. The molecule has 0 saturated heterocycles. The predicted molar refractivity (Wildman–Crippen MR) is 110 cm³/mol. The zero-order valence-electron chi connectivity index (χ0n) is 17.9. The lowest BCUT2D eigenvalue weighted by Crippen LogP contribution is -2.53. The second kappa shape index (κ2) is 17.0. The van der Waals surface area contributed by atoms with Crippen molar-refractivity contribution >= 4 is 17.9 Å². The Morgan fingerprint density at radius 1 is 0.724 bits per heavy atom. The highest BCUT2D eigenvalue weighted by Crippen LogP contribution is 2.16. The van der Waals surface area contributed by atoms with Crippen LogP contribution in [0.4, 0.5) is 0 Å². The Morgan fingerprint density at radius 3 is 1.62 bits per heavy atom. The van der Waals surface area contributed by atoms with Crippen molar-refractivity contribution in [1.29, 1.82) is 0 Å². The van der Waals surface area contributed by atoms with E-state index in [1.807, 2.05) is 6.92 Å². The Labute approximate surface area is 175 Å². The van der Waals surface area contributed by atoms with Crippen molar-refractivity contribution in [2.75, 3.05) is 26.2 Å². The first-order valence-corrected chi connectivity index (χ1v) is 10.9. The van der Waals surface area contributed by atoms with E-state index in [9.17, 15) is 19.5 Å². The number of hydrogen-bond acceptors (Lipinski definition) is 4. The minimum absolute atomic E-state index is 0.0973. The van der Waals surface area contributed by atoms with E-state index in [4.69, 9.17) is 10.2 Å². The Bertz CT molecular complexity index is 458. The molecule has 0 aromatic rings. The van der Waals surface area contributed by atoms with Crippen molar-refractivity contribution in [1.82, 2.24) is 0 Å². The van der Waals surface area contributed by atoms with Gasteiger partial charge in [-0.1, -0.05) is 44.3 Å². The number of hydrogen-bond donors (Lipinski definition) is 2. The maximum atomic E-state index is 11.0. The highest BCUT2D eigenvalue weighted by atomic mass is 16.4. The molecule has 29 heavy (non-hydrogen) atoms. The summed E-state index contributed by atoms with van der Waals surface area (Å²) in [7, 11) is 0. The van der Waals surface area contributed by atoms with Crippen molar-refractivity contribution in [3.8, 4) is 0 Å². The van der Waals surface area contributed by atoms with E-state index in [2.05, 4.69) is 12.2 Å². The Balaban J connectivity index is 4.39. The fraction of sp³-hybridized carbons (Fsp3) is 0.773. The highest BCUT2D eigenvalue weighted by Gasteiger charge is 2.28. The van der Waals surface area contributed by atoms with Gasteiger partial charge in [0.2, 0.25) is 0 Å². The Hall–Kier alpha value is -1.89. The fourth-order valence-electron chi connectivity index (χ4n) is 3.60. The van der Waals surface area contributed by atoms with Crippen molar-refractivity contribution < 1.29 is 34.2 Å². The smallest absolute Gasteiger partial charge is 0.309 e. The lowest BCUT2D eigenvalue weighted by atomic mass is 10.1. The molecular formula is C22H39NO6. The van der Waals surface area contributed by atoms with Gasteiger partial charge in [0.25, 0.3) is 0 Å². The Morgan fingerprint density at radius 2 is 1.17 bits per heavy atom. The largest absolute Gasteiger partial charge is 0.550 e. The summed E-state index contributed by atoms with van der Waals surface area (Å²) >= 11 is 0. The number of carboxylic acid groups (broad SMARTS) is 3. The number of allylic oxidation sites excluding steroid dienone is 2. The molecule has 7 nitrogen and oxygen atoms in total. The summed E-state index contributed by atoms with van der Waals surface area (Å²) in [5.74, 6) is -3.09. The normalized spacial score (nSPS) is 11.8. The minimum Gasteiger partial charge on any atom is -0.550 e. The number of unbranched alkanes of at least 4 members (excludes halogenated alkanes) is 8. The summed E-state index contributed by atoms with van der Waals surface area (Å²) in [5, 5.41) is 29.0. The maximum Gasteiger partial charge on any atom is 0.309 e. The highest BCUT2D eigenvalue weighted by molar-refractivity contribution is 5.67. The molecule has 0 aliphatic carbocycles. The van der Waals surface area contributed by atoms with E-state index in [0.717, 1.165) is 32.1 Å². The third-order valence-corrected chi connectivity index (χ3v) is 5.38. The first-order valence-electron chi connectivity index (χ1n) is 10.9. The number of carbonyl (C=O) groups excluding carboxylic acids is 1. The van der Waals surface area contributed by atoms with Gasteiger partial charge in [0.1, 0.15) is 0 Å². The number of aliphatic carboxylic acids is 3. The molecule has 0 heterocycles. The van der Waals surface area contributed by atoms with Crippen molar-refractivity contribution in [3.63, 3.8) is 0 Å². The van der Waals surface area contributed by atoms with Crippen LogP contribution >= 0.6 is 0 Å². The summed E-state index contributed by atoms with van der Waals surface area (Å²) in [6.07, 6.45) is 14.0. The van der Waals surface area contributed by atoms with Gasteiger partial charge in [-0.05, 0) is 32.6 Å². The van der Waals surface area contributed by atoms with Crippen LogP contribution in [0.2, 0.25) is 0 Å².